The summed E-state index contributed by atoms with van der Waals surface area (Å²) in [6.45, 7) is 0.0887. The Kier molecular flexibility index (Phi) is 4.99. The number of benzene rings is 2. The van der Waals surface area contributed by atoms with Gasteiger partial charge in [-0.3, -0.25) is 0 Å². The van der Waals surface area contributed by atoms with Gasteiger partial charge in [-0.05, 0) is 23.1 Å². The Labute approximate surface area is 144 Å². The largest absolute Gasteiger partial charge is 0.480 e. The number of amides is 1. The summed E-state index contributed by atoms with van der Waals surface area (Å²) in [4.78, 5) is 26.5. The van der Waals surface area contributed by atoms with Gasteiger partial charge in [-0.2, -0.15) is 0 Å². The number of carboxylic acid groups (broad SMARTS) is 1. The van der Waals surface area contributed by atoms with Gasteiger partial charge in [0, 0.05) is 17.6 Å². The second-order valence-corrected chi connectivity index (χ2v) is 5.68. The Balaban J connectivity index is 1.60. The fourth-order valence-corrected chi connectivity index (χ4v) is 2.57. The van der Waals surface area contributed by atoms with Gasteiger partial charge in [0.1, 0.15) is 12.6 Å². The average Bonchev–Trinajstić information content (AvgIpc) is 3.02. The molecular formula is C19H18N2O4. The molecule has 1 amide bonds. The number of carboxylic acids is 1. The summed E-state index contributed by atoms with van der Waals surface area (Å²) in [7, 11) is 0. The molecule has 1 atom stereocenters. The fraction of sp³-hybridized carbons (Fsp3) is 0.158. The number of para-hydroxylation sites is 1. The van der Waals surface area contributed by atoms with E-state index in [0.29, 0.717) is 0 Å². The lowest BCUT2D eigenvalue weighted by molar-refractivity contribution is -0.139. The summed E-state index contributed by atoms with van der Waals surface area (Å²) in [6, 6.07) is 17.7. The van der Waals surface area contributed by atoms with Gasteiger partial charge in [0.15, 0.2) is 0 Å². The number of H-pyrrole nitrogens is 1. The monoisotopic (exact) mass is 338 g/mol. The lowest BCUT2D eigenvalue weighted by Crippen LogP contribution is -2.42. The van der Waals surface area contributed by atoms with E-state index >= 15 is 0 Å². The van der Waals surface area contributed by atoms with Crippen molar-refractivity contribution in [3.05, 3.63) is 71.9 Å². The van der Waals surface area contributed by atoms with Crippen molar-refractivity contribution in [1.29, 1.82) is 0 Å². The van der Waals surface area contributed by atoms with Crippen molar-refractivity contribution < 1.29 is 19.4 Å². The Morgan fingerprint density at radius 1 is 1.08 bits per heavy atom. The highest BCUT2D eigenvalue weighted by Gasteiger charge is 2.22. The molecule has 3 N–H and O–H groups in total. The van der Waals surface area contributed by atoms with Crippen molar-refractivity contribution in [2.75, 3.05) is 0 Å². The first-order valence-electron chi connectivity index (χ1n) is 7.88. The predicted octanol–water partition coefficient (Wildman–Crippen LogP) is 3.09. The summed E-state index contributed by atoms with van der Waals surface area (Å²) in [6.07, 6.45) is -0.614. The smallest absolute Gasteiger partial charge is 0.408 e. The molecular weight excluding hydrogens is 320 g/mol. The molecule has 1 aromatic heterocycles. The number of carbonyl (C=O) groups is 2. The number of ether oxygens (including phenoxy) is 1. The molecule has 3 aromatic rings. The van der Waals surface area contributed by atoms with Gasteiger partial charge in [-0.1, -0.05) is 48.5 Å². The first kappa shape index (κ1) is 16.6. The van der Waals surface area contributed by atoms with E-state index in [4.69, 9.17) is 4.74 Å². The van der Waals surface area contributed by atoms with E-state index in [1.165, 1.54) is 0 Å². The van der Waals surface area contributed by atoms with Crippen LogP contribution in [-0.2, 0) is 22.6 Å². The maximum atomic E-state index is 11.9. The number of aromatic amines is 1. The summed E-state index contributed by atoms with van der Waals surface area (Å²) >= 11 is 0. The van der Waals surface area contributed by atoms with Crippen molar-refractivity contribution in [3.63, 3.8) is 0 Å². The third kappa shape index (κ3) is 4.38. The van der Waals surface area contributed by atoms with E-state index in [0.717, 1.165) is 22.2 Å². The van der Waals surface area contributed by atoms with Gasteiger partial charge >= 0.3 is 12.1 Å². The minimum atomic E-state index is -1.12. The summed E-state index contributed by atoms with van der Waals surface area (Å²) in [5.41, 5.74) is 2.49. The molecule has 0 aliphatic heterocycles. The second-order valence-electron chi connectivity index (χ2n) is 5.68. The number of fused-ring (bicyclic) bond motifs is 1. The number of hydrogen-bond donors (Lipinski definition) is 3. The molecule has 0 saturated carbocycles. The van der Waals surface area contributed by atoms with E-state index < -0.39 is 18.1 Å². The molecule has 0 aliphatic rings. The zero-order valence-electron chi connectivity index (χ0n) is 13.4. The third-order valence-electron chi connectivity index (χ3n) is 3.81. The van der Waals surface area contributed by atoms with Gasteiger partial charge in [0.05, 0.1) is 0 Å². The zero-order chi connectivity index (χ0) is 17.6. The molecule has 0 saturated heterocycles. The Hall–Kier alpha value is -3.28. The highest BCUT2D eigenvalue weighted by Crippen LogP contribution is 2.16. The molecule has 0 radical (unpaired) electrons. The SMILES string of the molecule is O=C(N[C@@H](Cc1cc2ccccc2[nH]1)C(=O)O)OCc1ccccc1. The standard InChI is InChI=1S/C19H18N2O4/c22-18(23)17(11-15-10-14-8-4-5-9-16(14)20-15)21-19(24)25-12-13-6-2-1-3-7-13/h1-10,17,20H,11-12H2,(H,21,24)(H,22,23)/t17-/m0/s1. The molecule has 0 unspecified atom stereocenters. The molecule has 2 aromatic carbocycles. The van der Waals surface area contributed by atoms with Crippen molar-refractivity contribution in [1.82, 2.24) is 10.3 Å². The molecule has 0 aliphatic carbocycles. The quantitative estimate of drug-likeness (QED) is 0.644. The van der Waals surface area contributed by atoms with Crippen LogP contribution >= 0.6 is 0 Å². The molecule has 0 bridgehead atoms. The number of aliphatic carboxylic acids is 1. The van der Waals surface area contributed by atoms with Crippen LogP contribution in [0.3, 0.4) is 0 Å². The highest BCUT2D eigenvalue weighted by molar-refractivity contribution is 5.82. The van der Waals surface area contributed by atoms with Crippen LogP contribution in [0.1, 0.15) is 11.3 Å². The minimum absolute atomic E-state index is 0.0887. The minimum Gasteiger partial charge on any atom is -0.480 e. The van der Waals surface area contributed by atoms with Crippen LogP contribution in [0, 0.1) is 0 Å². The number of carbonyl (C=O) groups excluding carboxylic acids is 1. The van der Waals surface area contributed by atoms with Crippen LogP contribution in [0.15, 0.2) is 60.7 Å². The molecule has 0 spiro atoms. The van der Waals surface area contributed by atoms with Crippen molar-refractivity contribution in [2.24, 2.45) is 0 Å². The molecule has 1 heterocycles. The van der Waals surface area contributed by atoms with Crippen LogP contribution in [-0.4, -0.2) is 28.2 Å². The van der Waals surface area contributed by atoms with Crippen LogP contribution in [0.2, 0.25) is 0 Å². The molecule has 25 heavy (non-hydrogen) atoms. The summed E-state index contributed by atoms with van der Waals surface area (Å²) in [5, 5.41) is 12.8. The van der Waals surface area contributed by atoms with E-state index in [-0.39, 0.29) is 13.0 Å². The lowest BCUT2D eigenvalue weighted by Gasteiger charge is -2.14. The molecule has 6 nitrogen and oxygen atoms in total. The Bertz CT molecular complexity index is 840. The number of alkyl carbamates (subject to hydrolysis) is 1. The normalized spacial score (nSPS) is 11.8. The molecule has 3 rings (SSSR count). The van der Waals surface area contributed by atoms with Crippen molar-refractivity contribution in [3.8, 4) is 0 Å². The van der Waals surface area contributed by atoms with Crippen molar-refractivity contribution in [2.45, 2.75) is 19.1 Å². The Morgan fingerprint density at radius 3 is 2.52 bits per heavy atom. The van der Waals surface area contributed by atoms with Gasteiger partial charge < -0.3 is 20.1 Å². The van der Waals surface area contributed by atoms with E-state index in [2.05, 4.69) is 10.3 Å². The number of nitrogens with one attached hydrogen (secondary N) is 2. The second kappa shape index (κ2) is 7.53. The molecule has 0 fully saturated rings. The first-order valence-corrected chi connectivity index (χ1v) is 7.88. The predicted molar refractivity (Wildman–Crippen MR) is 93.2 cm³/mol. The van der Waals surface area contributed by atoms with E-state index in [1.807, 2.05) is 60.7 Å². The van der Waals surface area contributed by atoms with Crippen LogP contribution in [0.25, 0.3) is 10.9 Å². The fourth-order valence-electron chi connectivity index (χ4n) is 2.57. The van der Waals surface area contributed by atoms with E-state index in [1.54, 1.807) is 0 Å². The summed E-state index contributed by atoms with van der Waals surface area (Å²) in [5.74, 6) is -1.12. The maximum absolute atomic E-state index is 11.9. The van der Waals surface area contributed by atoms with Gasteiger partial charge in [0.25, 0.3) is 0 Å². The van der Waals surface area contributed by atoms with Crippen LogP contribution in [0.4, 0.5) is 4.79 Å². The highest BCUT2D eigenvalue weighted by atomic mass is 16.5. The number of aromatic nitrogens is 1. The molecule has 6 heteroatoms. The number of hydrogen-bond acceptors (Lipinski definition) is 3. The lowest BCUT2D eigenvalue weighted by atomic mass is 10.1. The van der Waals surface area contributed by atoms with Crippen LogP contribution < -0.4 is 5.32 Å². The topological polar surface area (TPSA) is 91.4 Å². The van der Waals surface area contributed by atoms with Crippen LogP contribution in [0.5, 0.6) is 0 Å². The zero-order valence-corrected chi connectivity index (χ0v) is 13.4. The van der Waals surface area contributed by atoms with Gasteiger partial charge in [0.2, 0.25) is 0 Å². The third-order valence-corrected chi connectivity index (χ3v) is 3.81. The van der Waals surface area contributed by atoms with Gasteiger partial charge in [-0.25, -0.2) is 9.59 Å². The molecule has 128 valence electrons. The van der Waals surface area contributed by atoms with E-state index in [9.17, 15) is 14.7 Å². The Morgan fingerprint density at radius 2 is 1.80 bits per heavy atom. The van der Waals surface area contributed by atoms with Gasteiger partial charge in [-0.15, -0.1) is 0 Å². The van der Waals surface area contributed by atoms with Crippen molar-refractivity contribution >= 4 is 23.0 Å². The maximum Gasteiger partial charge on any atom is 0.408 e. The average molecular weight is 338 g/mol. The first-order chi connectivity index (χ1) is 12.1. The summed E-state index contributed by atoms with van der Waals surface area (Å²) < 4.78 is 5.08. The number of rotatable bonds is 6.